The number of carbonyl (C=O) groups excluding carboxylic acids is 1. The molecule has 0 bridgehead atoms. The molecule has 148 valence electrons. The van der Waals surface area contributed by atoms with Gasteiger partial charge in [-0.15, -0.1) is 5.10 Å². The standard InChI is InChI=1S/C17H27N7O3/c1-17(2,3)27-16(25)20-9-6-8-19-15(18-4)21-11-13-22-14(24-23-13)12-7-5-10-26-12/h5,7,10H,6,8-9,11H2,1-4H3,(H,20,25)(H2,18,19,21)(H,22,23,24). The molecule has 0 spiro atoms. The first-order valence-electron chi connectivity index (χ1n) is 8.74. The number of hydrogen-bond donors (Lipinski definition) is 4. The van der Waals surface area contributed by atoms with Gasteiger partial charge in [0.05, 0.1) is 12.8 Å². The van der Waals surface area contributed by atoms with E-state index in [-0.39, 0.29) is 0 Å². The van der Waals surface area contributed by atoms with Gasteiger partial charge in [-0.05, 0) is 39.3 Å². The van der Waals surface area contributed by atoms with Crippen molar-refractivity contribution in [1.29, 1.82) is 0 Å². The van der Waals surface area contributed by atoms with E-state index in [1.807, 2.05) is 20.8 Å². The Morgan fingerprint density at radius 1 is 1.30 bits per heavy atom. The number of furan rings is 1. The number of H-pyrrole nitrogens is 1. The van der Waals surface area contributed by atoms with Crippen molar-refractivity contribution in [1.82, 2.24) is 31.1 Å². The molecule has 0 aliphatic rings. The molecule has 10 nitrogen and oxygen atoms in total. The maximum Gasteiger partial charge on any atom is 0.407 e. The third-order valence-corrected chi connectivity index (χ3v) is 3.23. The summed E-state index contributed by atoms with van der Waals surface area (Å²) in [7, 11) is 1.68. The van der Waals surface area contributed by atoms with Crippen LogP contribution in [0.1, 0.15) is 33.0 Å². The molecule has 2 heterocycles. The number of nitrogens with zero attached hydrogens (tertiary/aromatic N) is 3. The summed E-state index contributed by atoms with van der Waals surface area (Å²) in [5.41, 5.74) is -0.494. The zero-order valence-electron chi connectivity index (χ0n) is 16.1. The van der Waals surface area contributed by atoms with E-state index in [1.54, 1.807) is 25.4 Å². The lowest BCUT2D eigenvalue weighted by Crippen LogP contribution is -2.39. The maximum absolute atomic E-state index is 11.5. The summed E-state index contributed by atoms with van der Waals surface area (Å²) in [5, 5.41) is 16.0. The zero-order chi connectivity index (χ0) is 19.7. The lowest BCUT2D eigenvalue weighted by molar-refractivity contribution is 0.0527. The van der Waals surface area contributed by atoms with Crippen molar-refractivity contribution in [3.63, 3.8) is 0 Å². The number of aliphatic imine (C=N–C) groups is 1. The summed E-state index contributed by atoms with van der Waals surface area (Å²) in [6.45, 7) is 7.07. The molecule has 0 saturated carbocycles. The van der Waals surface area contributed by atoms with Crippen molar-refractivity contribution < 1.29 is 13.9 Å². The number of aromatic amines is 1. The first-order valence-corrected chi connectivity index (χ1v) is 8.74. The van der Waals surface area contributed by atoms with Gasteiger partial charge >= 0.3 is 6.09 Å². The lowest BCUT2D eigenvalue weighted by atomic mass is 10.2. The highest BCUT2D eigenvalue weighted by Gasteiger charge is 2.15. The Balaban J connectivity index is 1.64. The number of hydrogen-bond acceptors (Lipinski definition) is 6. The smallest absolute Gasteiger partial charge is 0.407 e. The average Bonchev–Trinajstić information content (AvgIpc) is 3.26. The van der Waals surface area contributed by atoms with Crippen molar-refractivity contribution in [2.75, 3.05) is 20.1 Å². The van der Waals surface area contributed by atoms with Gasteiger partial charge in [-0.25, -0.2) is 9.78 Å². The number of alkyl carbamates (subject to hydrolysis) is 1. The minimum atomic E-state index is -0.494. The van der Waals surface area contributed by atoms with Crippen LogP contribution in [0.3, 0.4) is 0 Å². The molecule has 2 rings (SSSR count). The third kappa shape index (κ3) is 7.38. The van der Waals surface area contributed by atoms with Gasteiger partial charge in [0, 0.05) is 20.1 Å². The Bertz CT molecular complexity index is 732. The predicted octanol–water partition coefficient (Wildman–Crippen LogP) is 1.64. The van der Waals surface area contributed by atoms with E-state index < -0.39 is 11.7 Å². The van der Waals surface area contributed by atoms with Crippen LogP contribution in [0.2, 0.25) is 0 Å². The Kier molecular flexibility index (Phi) is 7.21. The molecule has 0 aromatic carbocycles. The summed E-state index contributed by atoms with van der Waals surface area (Å²) in [5.74, 6) is 2.41. The van der Waals surface area contributed by atoms with E-state index in [0.717, 1.165) is 6.42 Å². The molecule has 2 aromatic rings. The number of carbonyl (C=O) groups is 1. The second-order valence-electron chi connectivity index (χ2n) is 6.72. The molecule has 0 unspecified atom stereocenters. The van der Waals surface area contributed by atoms with Gasteiger partial charge in [-0.3, -0.25) is 10.1 Å². The number of aromatic nitrogens is 3. The lowest BCUT2D eigenvalue weighted by Gasteiger charge is -2.19. The molecule has 10 heteroatoms. The summed E-state index contributed by atoms with van der Waals surface area (Å²) < 4.78 is 10.4. The highest BCUT2D eigenvalue weighted by atomic mass is 16.6. The van der Waals surface area contributed by atoms with Crippen LogP contribution >= 0.6 is 0 Å². The third-order valence-electron chi connectivity index (χ3n) is 3.23. The number of nitrogens with one attached hydrogen (secondary N) is 4. The van der Waals surface area contributed by atoms with Crippen LogP contribution in [0, 0.1) is 0 Å². The quantitative estimate of drug-likeness (QED) is 0.328. The molecule has 0 radical (unpaired) electrons. The number of rotatable bonds is 7. The largest absolute Gasteiger partial charge is 0.461 e. The molecule has 0 aliphatic carbocycles. The highest BCUT2D eigenvalue weighted by molar-refractivity contribution is 5.79. The molecular weight excluding hydrogens is 350 g/mol. The minimum Gasteiger partial charge on any atom is -0.461 e. The summed E-state index contributed by atoms with van der Waals surface area (Å²) >= 11 is 0. The highest BCUT2D eigenvalue weighted by Crippen LogP contribution is 2.14. The fourth-order valence-electron chi connectivity index (χ4n) is 2.08. The van der Waals surface area contributed by atoms with Gasteiger partial charge in [0.1, 0.15) is 11.4 Å². The van der Waals surface area contributed by atoms with Crippen molar-refractivity contribution in [2.45, 2.75) is 39.3 Å². The Morgan fingerprint density at radius 3 is 2.74 bits per heavy atom. The second kappa shape index (κ2) is 9.60. The molecule has 0 atom stereocenters. The van der Waals surface area contributed by atoms with Crippen LogP contribution in [0.15, 0.2) is 27.8 Å². The van der Waals surface area contributed by atoms with Gasteiger partial charge in [0.2, 0.25) is 5.82 Å². The topological polar surface area (TPSA) is 129 Å². The second-order valence-corrected chi connectivity index (χ2v) is 6.72. The van der Waals surface area contributed by atoms with E-state index in [2.05, 4.69) is 36.1 Å². The van der Waals surface area contributed by atoms with Crippen LogP contribution in [-0.2, 0) is 11.3 Å². The van der Waals surface area contributed by atoms with Gasteiger partial charge in [0.15, 0.2) is 11.7 Å². The van der Waals surface area contributed by atoms with Crippen molar-refractivity contribution in [2.24, 2.45) is 4.99 Å². The van der Waals surface area contributed by atoms with Crippen molar-refractivity contribution in [3.8, 4) is 11.6 Å². The summed E-state index contributed by atoms with van der Waals surface area (Å²) in [4.78, 5) is 20.0. The fraction of sp³-hybridized carbons (Fsp3) is 0.529. The molecule has 27 heavy (non-hydrogen) atoms. The van der Waals surface area contributed by atoms with E-state index in [1.165, 1.54) is 0 Å². The predicted molar refractivity (Wildman–Crippen MR) is 101 cm³/mol. The fourth-order valence-corrected chi connectivity index (χ4v) is 2.08. The van der Waals surface area contributed by atoms with E-state index >= 15 is 0 Å². The Labute approximate surface area is 158 Å². The van der Waals surface area contributed by atoms with Crippen LogP contribution in [0.4, 0.5) is 4.79 Å². The molecule has 2 aromatic heterocycles. The molecular formula is C17H27N7O3. The SMILES string of the molecule is CN=C(NCCCNC(=O)OC(C)(C)C)NCc1nc(-c2ccco2)n[nH]1. The molecule has 0 aliphatic heterocycles. The van der Waals surface area contributed by atoms with Gasteiger partial charge < -0.3 is 25.1 Å². The van der Waals surface area contributed by atoms with Crippen LogP contribution in [-0.4, -0.2) is 53.0 Å². The van der Waals surface area contributed by atoms with Crippen molar-refractivity contribution >= 4 is 12.1 Å². The molecule has 0 fully saturated rings. The molecule has 1 amide bonds. The Hall–Kier alpha value is -3.04. The number of amides is 1. The molecule has 0 saturated heterocycles. The number of ether oxygens (including phenoxy) is 1. The van der Waals surface area contributed by atoms with Gasteiger partial charge in [-0.1, -0.05) is 0 Å². The minimum absolute atomic E-state index is 0.414. The van der Waals surface area contributed by atoms with Crippen LogP contribution in [0.5, 0.6) is 0 Å². The van der Waals surface area contributed by atoms with Crippen LogP contribution in [0.25, 0.3) is 11.6 Å². The first kappa shape index (κ1) is 20.3. The first-order chi connectivity index (χ1) is 12.9. The summed E-state index contributed by atoms with van der Waals surface area (Å²) in [6, 6.07) is 3.58. The maximum atomic E-state index is 11.5. The van der Waals surface area contributed by atoms with E-state index in [9.17, 15) is 4.79 Å². The van der Waals surface area contributed by atoms with Crippen molar-refractivity contribution in [3.05, 3.63) is 24.2 Å². The van der Waals surface area contributed by atoms with E-state index in [0.29, 0.717) is 43.0 Å². The van der Waals surface area contributed by atoms with E-state index in [4.69, 9.17) is 9.15 Å². The average molecular weight is 377 g/mol. The monoisotopic (exact) mass is 377 g/mol. The van der Waals surface area contributed by atoms with Crippen LogP contribution < -0.4 is 16.0 Å². The Morgan fingerprint density at radius 2 is 2.07 bits per heavy atom. The zero-order valence-corrected chi connectivity index (χ0v) is 16.1. The normalized spacial score (nSPS) is 11.9. The van der Waals surface area contributed by atoms with Gasteiger partial charge in [-0.2, -0.15) is 0 Å². The number of guanidine groups is 1. The van der Waals surface area contributed by atoms with Gasteiger partial charge in [0.25, 0.3) is 0 Å². The summed E-state index contributed by atoms with van der Waals surface area (Å²) in [6.07, 6.45) is 1.89. The molecule has 4 N–H and O–H groups in total.